The Morgan fingerprint density at radius 3 is 2.88 bits per heavy atom. The van der Waals surface area contributed by atoms with E-state index in [9.17, 15) is 9.59 Å². The van der Waals surface area contributed by atoms with Gasteiger partial charge in [0.2, 0.25) is 0 Å². The largest absolute Gasteiger partial charge is 0.490 e. The smallest absolute Gasteiger partial charge is 0.282 e. The van der Waals surface area contributed by atoms with Gasteiger partial charge in [0.05, 0.1) is 5.69 Å². The van der Waals surface area contributed by atoms with Gasteiger partial charge in [0, 0.05) is 11.4 Å². The van der Waals surface area contributed by atoms with Crippen LogP contribution in [0.25, 0.3) is 6.08 Å². The predicted octanol–water partition coefficient (Wildman–Crippen LogP) is 3.12. The second-order valence-corrected chi connectivity index (χ2v) is 6.56. The van der Waals surface area contributed by atoms with Gasteiger partial charge in [-0.1, -0.05) is 23.7 Å². The summed E-state index contributed by atoms with van der Waals surface area (Å²) in [4.78, 5) is 24.9. The molecule has 2 aliphatic heterocycles. The lowest BCUT2D eigenvalue weighted by molar-refractivity contribution is -0.117. The summed E-state index contributed by atoms with van der Waals surface area (Å²) < 4.78 is 5.67. The minimum absolute atomic E-state index is 0.0897. The lowest BCUT2D eigenvalue weighted by Gasteiger charge is -2.14. The maximum absolute atomic E-state index is 12.6. The van der Waals surface area contributed by atoms with Crippen LogP contribution in [0, 0.1) is 0 Å². The van der Waals surface area contributed by atoms with Crippen LogP contribution in [0.2, 0.25) is 5.02 Å². The molecular formula is C19H15ClN2O3. The van der Waals surface area contributed by atoms with Crippen molar-refractivity contribution in [2.75, 3.05) is 5.01 Å². The highest BCUT2D eigenvalue weighted by Crippen LogP contribution is 2.30. The Bertz CT molecular complexity index is 923. The molecule has 2 heterocycles. The molecule has 2 amide bonds. The Labute approximate surface area is 149 Å². The molecule has 5 nitrogen and oxygen atoms in total. The number of fused-ring (bicyclic) bond motifs is 1. The van der Waals surface area contributed by atoms with Crippen molar-refractivity contribution < 1.29 is 14.3 Å². The Morgan fingerprint density at radius 1 is 1.24 bits per heavy atom. The summed E-state index contributed by atoms with van der Waals surface area (Å²) in [5.41, 5.74) is 5.06. The number of hydrogen-bond donors (Lipinski definition) is 1. The summed E-state index contributed by atoms with van der Waals surface area (Å²) in [6.45, 7) is 2.01. The van der Waals surface area contributed by atoms with Gasteiger partial charge in [0.25, 0.3) is 11.8 Å². The predicted molar refractivity (Wildman–Crippen MR) is 95.3 cm³/mol. The fourth-order valence-corrected chi connectivity index (χ4v) is 3.24. The number of ether oxygens (including phenoxy) is 1. The van der Waals surface area contributed by atoms with Gasteiger partial charge in [-0.05, 0) is 54.5 Å². The zero-order valence-corrected chi connectivity index (χ0v) is 14.2. The molecule has 1 fully saturated rings. The van der Waals surface area contributed by atoms with E-state index in [4.69, 9.17) is 16.3 Å². The zero-order chi connectivity index (χ0) is 17.6. The third kappa shape index (κ3) is 2.87. The first-order valence-electron chi connectivity index (χ1n) is 7.93. The molecule has 4 rings (SSSR count). The Morgan fingerprint density at radius 2 is 2.08 bits per heavy atom. The third-order valence-corrected chi connectivity index (χ3v) is 4.42. The lowest BCUT2D eigenvalue weighted by Crippen LogP contribution is -2.35. The molecule has 0 spiro atoms. The van der Waals surface area contributed by atoms with E-state index in [1.165, 1.54) is 5.01 Å². The van der Waals surface area contributed by atoms with Crippen molar-refractivity contribution in [3.8, 4) is 5.75 Å². The van der Waals surface area contributed by atoms with E-state index in [1.807, 2.05) is 25.1 Å². The maximum Gasteiger partial charge on any atom is 0.282 e. The summed E-state index contributed by atoms with van der Waals surface area (Å²) in [6.07, 6.45) is 2.57. The van der Waals surface area contributed by atoms with Crippen LogP contribution in [0.15, 0.2) is 48.0 Å². The first-order chi connectivity index (χ1) is 12.0. The van der Waals surface area contributed by atoms with Crippen LogP contribution in [0.5, 0.6) is 5.75 Å². The number of halogens is 1. The Kier molecular flexibility index (Phi) is 3.73. The number of hydrazine groups is 1. The topological polar surface area (TPSA) is 58.6 Å². The first kappa shape index (κ1) is 15.7. The molecule has 2 aliphatic rings. The molecule has 0 bridgehead atoms. The standard InChI is InChI=1S/C19H15ClN2O3/c1-11-7-13-8-12(5-6-17(13)25-11)9-16-18(23)21-22(19(16)24)15-4-2-3-14(20)10-15/h2-6,8-11H,7H2,1H3,(H,21,23)/b16-9-. The fraction of sp³-hybridized carbons (Fsp3) is 0.158. The van der Waals surface area contributed by atoms with Crippen LogP contribution in [0.4, 0.5) is 5.69 Å². The molecule has 2 aromatic rings. The zero-order valence-electron chi connectivity index (χ0n) is 13.5. The average Bonchev–Trinajstić information content (AvgIpc) is 3.08. The first-order valence-corrected chi connectivity index (χ1v) is 8.31. The number of nitrogens with one attached hydrogen (secondary N) is 1. The Hall–Kier alpha value is -2.79. The van der Waals surface area contributed by atoms with Crippen molar-refractivity contribution in [3.63, 3.8) is 0 Å². The highest BCUT2D eigenvalue weighted by Gasteiger charge is 2.34. The van der Waals surface area contributed by atoms with Gasteiger partial charge in [0.1, 0.15) is 17.4 Å². The molecule has 25 heavy (non-hydrogen) atoms. The second-order valence-electron chi connectivity index (χ2n) is 6.12. The van der Waals surface area contributed by atoms with E-state index in [1.54, 1.807) is 30.3 Å². The normalized spacial score (nSPS) is 20.6. The van der Waals surface area contributed by atoms with Gasteiger partial charge in [-0.2, -0.15) is 0 Å². The summed E-state index contributed by atoms with van der Waals surface area (Å²) in [5, 5.41) is 1.70. The van der Waals surface area contributed by atoms with Gasteiger partial charge in [-0.3, -0.25) is 15.0 Å². The van der Waals surface area contributed by atoms with Crippen LogP contribution in [0.3, 0.4) is 0 Å². The van der Waals surface area contributed by atoms with Crippen molar-refractivity contribution >= 4 is 35.2 Å². The quantitative estimate of drug-likeness (QED) is 0.666. The monoisotopic (exact) mass is 354 g/mol. The van der Waals surface area contributed by atoms with E-state index in [2.05, 4.69) is 5.43 Å². The number of anilines is 1. The van der Waals surface area contributed by atoms with Gasteiger partial charge >= 0.3 is 0 Å². The molecule has 126 valence electrons. The van der Waals surface area contributed by atoms with Gasteiger partial charge in [0.15, 0.2) is 0 Å². The molecule has 1 N–H and O–H groups in total. The molecule has 6 heteroatoms. The van der Waals surface area contributed by atoms with Crippen molar-refractivity contribution in [3.05, 3.63) is 64.2 Å². The van der Waals surface area contributed by atoms with E-state index in [-0.39, 0.29) is 11.7 Å². The summed E-state index contributed by atoms with van der Waals surface area (Å²) in [7, 11) is 0. The number of benzene rings is 2. The summed E-state index contributed by atoms with van der Waals surface area (Å²) >= 11 is 5.96. The Balaban J connectivity index is 1.65. The number of rotatable bonds is 2. The molecule has 0 aromatic heterocycles. The van der Waals surface area contributed by atoms with E-state index < -0.39 is 11.8 Å². The van der Waals surface area contributed by atoms with Gasteiger partial charge in [-0.15, -0.1) is 0 Å². The molecular weight excluding hydrogens is 340 g/mol. The lowest BCUT2D eigenvalue weighted by atomic mass is 10.0. The van der Waals surface area contributed by atoms with Gasteiger partial charge in [-0.25, -0.2) is 5.01 Å². The van der Waals surface area contributed by atoms with Crippen molar-refractivity contribution in [1.82, 2.24) is 5.43 Å². The number of nitrogens with zero attached hydrogens (tertiary/aromatic N) is 1. The van der Waals surface area contributed by atoms with E-state index in [0.29, 0.717) is 10.7 Å². The van der Waals surface area contributed by atoms with Crippen molar-refractivity contribution in [2.45, 2.75) is 19.4 Å². The number of amides is 2. The minimum Gasteiger partial charge on any atom is -0.490 e. The molecule has 2 aromatic carbocycles. The van der Waals surface area contributed by atoms with Crippen molar-refractivity contribution in [2.24, 2.45) is 0 Å². The summed E-state index contributed by atoms with van der Waals surface area (Å²) in [6, 6.07) is 12.4. The highest BCUT2D eigenvalue weighted by molar-refractivity contribution is 6.33. The molecule has 0 saturated carbocycles. The molecule has 1 saturated heterocycles. The minimum atomic E-state index is -0.435. The average molecular weight is 355 g/mol. The molecule has 1 atom stereocenters. The van der Waals surface area contributed by atoms with Crippen LogP contribution >= 0.6 is 11.6 Å². The fourth-order valence-electron chi connectivity index (χ4n) is 3.05. The van der Waals surface area contributed by atoms with Crippen molar-refractivity contribution in [1.29, 1.82) is 0 Å². The number of carbonyl (C=O) groups is 2. The number of carbonyl (C=O) groups excluding carboxylic acids is 2. The van der Waals surface area contributed by atoms with E-state index >= 15 is 0 Å². The molecule has 1 unspecified atom stereocenters. The van der Waals surface area contributed by atoms with Crippen LogP contribution in [-0.2, 0) is 16.0 Å². The highest BCUT2D eigenvalue weighted by atomic mass is 35.5. The number of hydrogen-bond acceptors (Lipinski definition) is 3. The second kappa shape index (κ2) is 5.93. The molecule has 0 radical (unpaired) electrons. The SMILES string of the molecule is CC1Cc2cc(/C=C3/C(=O)NN(c4cccc(Cl)c4)C3=O)ccc2O1. The van der Waals surface area contributed by atoms with E-state index in [0.717, 1.165) is 23.3 Å². The maximum atomic E-state index is 12.6. The van der Waals surface area contributed by atoms with Gasteiger partial charge < -0.3 is 4.74 Å². The summed E-state index contributed by atoms with van der Waals surface area (Å²) in [5.74, 6) is 0.0184. The van der Waals surface area contributed by atoms with Crippen LogP contribution < -0.4 is 15.2 Å². The molecule has 0 aliphatic carbocycles. The van der Waals surface area contributed by atoms with Crippen LogP contribution in [-0.4, -0.2) is 17.9 Å². The van der Waals surface area contributed by atoms with Crippen LogP contribution in [0.1, 0.15) is 18.1 Å². The third-order valence-electron chi connectivity index (χ3n) is 4.19.